The van der Waals surface area contributed by atoms with E-state index in [1.807, 2.05) is 39.8 Å². The molecule has 9 heteroatoms. The SMILES string of the molecule is COc1nn(C)c(=O)n1-c1c(C)cccc1Oc1nc(C(C)(C)C)ns1. The third-order valence-electron chi connectivity index (χ3n) is 3.78. The molecule has 8 nitrogen and oxygen atoms in total. The van der Waals surface area contributed by atoms with Crippen LogP contribution in [0.25, 0.3) is 5.69 Å². The summed E-state index contributed by atoms with van der Waals surface area (Å²) in [5, 5.41) is 4.51. The lowest BCUT2D eigenvalue weighted by molar-refractivity contribution is 0.366. The zero-order valence-electron chi connectivity index (χ0n) is 15.6. The Labute approximate surface area is 155 Å². The van der Waals surface area contributed by atoms with E-state index in [0.717, 1.165) is 5.56 Å². The van der Waals surface area contributed by atoms with Gasteiger partial charge in [0.25, 0.3) is 5.19 Å². The quantitative estimate of drug-likeness (QED) is 0.697. The summed E-state index contributed by atoms with van der Waals surface area (Å²) >= 11 is 1.18. The second-order valence-electron chi connectivity index (χ2n) is 6.89. The Balaban J connectivity index is 2.10. The Bertz CT molecular complexity index is 997. The van der Waals surface area contributed by atoms with Gasteiger partial charge in [0.05, 0.1) is 7.11 Å². The Morgan fingerprint density at radius 3 is 2.58 bits per heavy atom. The van der Waals surface area contributed by atoms with Gasteiger partial charge < -0.3 is 9.47 Å². The molecule has 3 rings (SSSR count). The van der Waals surface area contributed by atoms with Crippen LogP contribution >= 0.6 is 11.5 Å². The van der Waals surface area contributed by atoms with Gasteiger partial charge in [0.15, 0.2) is 11.6 Å². The molecule has 0 spiro atoms. The van der Waals surface area contributed by atoms with Crippen LogP contribution in [0.5, 0.6) is 17.0 Å². The molecule has 0 fully saturated rings. The first-order chi connectivity index (χ1) is 12.2. The van der Waals surface area contributed by atoms with Crippen LogP contribution in [0.3, 0.4) is 0 Å². The lowest BCUT2D eigenvalue weighted by Gasteiger charge is -2.13. The Morgan fingerprint density at radius 1 is 1.23 bits per heavy atom. The molecule has 1 aromatic carbocycles. The number of para-hydroxylation sites is 1. The van der Waals surface area contributed by atoms with E-state index < -0.39 is 0 Å². The molecule has 0 aliphatic carbocycles. The predicted molar refractivity (Wildman–Crippen MR) is 98.8 cm³/mol. The fourth-order valence-electron chi connectivity index (χ4n) is 2.42. The number of nitrogens with zero attached hydrogens (tertiary/aromatic N) is 5. The van der Waals surface area contributed by atoms with Crippen molar-refractivity contribution in [2.75, 3.05) is 7.11 Å². The van der Waals surface area contributed by atoms with Crippen molar-refractivity contribution < 1.29 is 9.47 Å². The van der Waals surface area contributed by atoms with E-state index >= 15 is 0 Å². The summed E-state index contributed by atoms with van der Waals surface area (Å²) in [7, 11) is 3.04. The summed E-state index contributed by atoms with van der Waals surface area (Å²) in [5.74, 6) is 1.19. The van der Waals surface area contributed by atoms with Crippen molar-refractivity contribution in [3.63, 3.8) is 0 Å². The van der Waals surface area contributed by atoms with Gasteiger partial charge in [-0.3, -0.25) is 0 Å². The summed E-state index contributed by atoms with van der Waals surface area (Å²) in [6.45, 7) is 8.01. The molecule has 2 heterocycles. The maximum absolute atomic E-state index is 12.5. The molecule has 2 aromatic heterocycles. The van der Waals surface area contributed by atoms with Crippen molar-refractivity contribution in [2.45, 2.75) is 33.1 Å². The fourth-order valence-corrected chi connectivity index (χ4v) is 3.15. The summed E-state index contributed by atoms with van der Waals surface area (Å²) in [6.07, 6.45) is 0. The smallest absolute Gasteiger partial charge is 0.353 e. The van der Waals surface area contributed by atoms with Gasteiger partial charge in [-0.1, -0.05) is 32.9 Å². The maximum Gasteiger partial charge on any atom is 0.353 e. The highest BCUT2D eigenvalue weighted by molar-refractivity contribution is 7.07. The summed E-state index contributed by atoms with van der Waals surface area (Å²) < 4.78 is 18.2. The van der Waals surface area contributed by atoms with Crippen LogP contribution < -0.4 is 15.2 Å². The van der Waals surface area contributed by atoms with E-state index in [1.54, 1.807) is 13.1 Å². The number of benzene rings is 1. The van der Waals surface area contributed by atoms with Crippen LogP contribution in [0.4, 0.5) is 0 Å². The van der Waals surface area contributed by atoms with E-state index in [-0.39, 0.29) is 17.1 Å². The predicted octanol–water partition coefficient (Wildman–Crippen LogP) is 2.83. The van der Waals surface area contributed by atoms with E-state index in [9.17, 15) is 4.79 Å². The standard InChI is InChI=1S/C17H21N5O3S/c1-10-8-7-9-11(25-15-18-13(20-26-15)17(2,3)4)12(10)22-14(24-6)19-21(5)16(22)23/h7-9H,1-6H3. The van der Waals surface area contributed by atoms with Gasteiger partial charge in [-0.15, -0.1) is 5.10 Å². The van der Waals surface area contributed by atoms with E-state index in [0.29, 0.717) is 22.5 Å². The zero-order valence-corrected chi connectivity index (χ0v) is 16.4. The molecular formula is C17H21N5O3S. The monoisotopic (exact) mass is 375 g/mol. The molecule has 0 amide bonds. The first kappa shape index (κ1) is 18.1. The molecule has 0 aliphatic rings. The van der Waals surface area contributed by atoms with Gasteiger partial charge in [-0.25, -0.2) is 14.0 Å². The van der Waals surface area contributed by atoms with Crippen molar-refractivity contribution in [3.8, 4) is 22.6 Å². The van der Waals surface area contributed by atoms with Crippen molar-refractivity contribution >= 4 is 11.5 Å². The highest BCUT2D eigenvalue weighted by atomic mass is 32.1. The fraction of sp³-hybridized carbons (Fsp3) is 0.412. The van der Waals surface area contributed by atoms with Gasteiger partial charge in [0.2, 0.25) is 0 Å². The number of hydrogen-bond donors (Lipinski definition) is 0. The number of aryl methyl sites for hydroxylation is 2. The van der Waals surface area contributed by atoms with Gasteiger partial charge in [0, 0.05) is 24.0 Å². The zero-order chi connectivity index (χ0) is 19.1. The van der Waals surface area contributed by atoms with Crippen LogP contribution in [0.1, 0.15) is 32.2 Å². The highest BCUT2D eigenvalue weighted by Gasteiger charge is 2.23. The van der Waals surface area contributed by atoms with Crippen molar-refractivity contribution in [2.24, 2.45) is 7.05 Å². The molecular weight excluding hydrogens is 354 g/mol. The molecule has 0 atom stereocenters. The molecule has 138 valence electrons. The van der Waals surface area contributed by atoms with Gasteiger partial charge in [0.1, 0.15) is 5.69 Å². The van der Waals surface area contributed by atoms with Gasteiger partial charge >= 0.3 is 11.7 Å². The first-order valence-electron chi connectivity index (χ1n) is 8.04. The average molecular weight is 375 g/mol. The van der Waals surface area contributed by atoms with Crippen LogP contribution in [0.15, 0.2) is 23.0 Å². The minimum atomic E-state index is -0.325. The first-order valence-corrected chi connectivity index (χ1v) is 8.81. The molecule has 0 saturated carbocycles. The van der Waals surface area contributed by atoms with Crippen molar-refractivity contribution in [3.05, 3.63) is 40.1 Å². The van der Waals surface area contributed by atoms with E-state index in [2.05, 4.69) is 14.5 Å². The number of methoxy groups -OCH3 is 1. The lowest BCUT2D eigenvalue weighted by atomic mass is 9.96. The molecule has 3 aromatic rings. The Hall–Kier alpha value is -2.68. The summed E-state index contributed by atoms with van der Waals surface area (Å²) in [6, 6.07) is 5.71. The van der Waals surface area contributed by atoms with Gasteiger partial charge in [-0.2, -0.15) is 9.36 Å². The second kappa shape index (κ2) is 6.56. The van der Waals surface area contributed by atoms with E-state index in [4.69, 9.17) is 9.47 Å². The minimum absolute atomic E-state index is 0.170. The number of rotatable bonds is 4. The maximum atomic E-state index is 12.5. The molecule has 0 bridgehead atoms. The van der Waals surface area contributed by atoms with Crippen LogP contribution in [-0.4, -0.2) is 30.8 Å². The third kappa shape index (κ3) is 3.22. The number of aromatic nitrogens is 5. The van der Waals surface area contributed by atoms with Crippen molar-refractivity contribution in [1.82, 2.24) is 23.7 Å². The summed E-state index contributed by atoms with van der Waals surface area (Å²) in [4.78, 5) is 17.0. The third-order valence-corrected chi connectivity index (χ3v) is 4.37. The Morgan fingerprint density at radius 2 is 1.96 bits per heavy atom. The highest BCUT2D eigenvalue weighted by Crippen LogP contribution is 2.33. The Kier molecular flexibility index (Phi) is 4.57. The molecule has 0 saturated heterocycles. The lowest BCUT2D eigenvalue weighted by Crippen LogP contribution is -2.22. The minimum Gasteiger partial charge on any atom is -0.467 e. The van der Waals surface area contributed by atoms with Crippen LogP contribution in [0, 0.1) is 6.92 Å². The number of ether oxygens (including phenoxy) is 2. The molecule has 26 heavy (non-hydrogen) atoms. The van der Waals surface area contributed by atoms with Crippen LogP contribution in [0.2, 0.25) is 0 Å². The van der Waals surface area contributed by atoms with E-state index in [1.165, 1.54) is 27.9 Å². The van der Waals surface area contributed by atoms with Crippen molar-refractivity contribution in [1.29, 1.82) is 0 Å². The normalized spacial score (nSPS) is 11.6. The van der Waals surface area contributed by atoms with Gasteiger partial charge in [-0.05, 0) is 18.6 Å². The molecule has 0 N–H and O–H groups in total. The van der Waals surface area contributed by atoms with Crippen LogP contribution in [-0.2, 0) is 12.5 Å². The average Bonchev–Trinajstić information content (AvgIpc) is 3.14. The largest absolute Gasteiger partial charge is 0.467 e. The number of hydrogen-bond acceptors (Lipinski definition) is 7. The molecule has 0 unspecified atom stereocenters. The summed E-state index contributed by atoms with van der Waals surface area (Å²) in [5.41, 5.74) is 0.914. The molecule has 0 radical (unpaired) electrons. The molecule has 0 aliphatic heterocycles. The topological polar surface area (TPSA) is 84.1 Å². The second-order valence-corrected chi connectivity index (χ2v) is 7.60.